The fourth-order valence-corrected chi connectivity index (χ4v) is 3.26. The number of hydrogen-bond donors (Lipinski definition) is 2. The van der Waals surface area contributed by atoms with E-state index in [1.807, 2.05) is 29.8 Å². The van der Waals surface area contributed by atoms with Crippen molar-refractivity contribution in [3.8, 4) is 0 Å². The number of imidazole rings is 1. The number of nitrogens with zero attached hydrogens (tertiary/aromatic N) is 3. The maximum atomic E-state index is 12.0. The van der Waals surface area contributed by atoms with Crippen LogP contribution in [0, 0.1) is 0 Å². The lowest BCUT2D eigenvalue weighted by molar-refractivity contribution is -0.0287. The van der Waals surface area contributed by atoms with Gasteiger partial charge in [-0.1, -0.05) is 29.3 Å². The molecule has 1 aromatic carbocycles. The Morgan fingerprint density at radius 2 is 2.19 bits per heavy atom. The van der Waals surface area contributed by atoms with Crippen LogP contribution in [0.15, 0.2) is 30.7 Å². The first-order chi connectivity index (χ1) is 13.0. The third-order valence-electron chi connectivity index (χ3n) is 4.45. The van der Waals surface area contributed by atoms with Crippen LogP contribution >= 0.6 is 23.2 Å². The summed E-state index contributed by atoms with van der Waals surface area (Å²) < 4.78 is 7.63. The summed E-state index contributed by atoms with van der Waals surface area (Å²) in [6, 6.07) is 5.45. The van der Waals surface area contributed by atoms with Gasteiger partial charge >= 0.3 is 6.03 Å². The third-order valence-corrected chi connectivity index (χ3v) is 5.19. The number of halogens is 2. The minimum atomic E-state index is -0.221. The van der Waals surface area contributed by atoms with Gasteiger partial charge in [-0.05, 0) is 17.7 Å². The second-order valence-corrected chi connectivity index (χ2v) is 7.35. The Morgan fingerprint density at radius 1 is 1.33 bits per heavy atom. The van der Waals surface area contributed by atoms with Crippen molar-refractivity contribution in [2.24, 2.45) is 7.05 Å². The SMILES string of the molecule is Cn1cncc1CNC(=O)NC[C@H]1CN(Cc2ccc(Cl)c(Cl)c2)CCO1. The molecule has 2 aromatic rings. The number of nitrogens with one attached hydrogen (secondary N) is 2. The van der Waals surface area contributed by atoms with Gasteiger partial charge in [0.1, 0.15) is 0 Å². The van der Waals surface area contributed by atoms with E-state index < -0.39 is 0 Å². The summed E-state index contributed by atoms with van der Waals surface area (Å²) in [6.07, 6.45) is 3.38. The third kappa shape index (κ3) is 5.84. The first kappa shape index (κ1) is 19.9. The molecule has 3 rings (SSSR count). The highest BCUT2D eigenvalue weighted by Gasteiger charge is 2.21. The van der Waals surface area contributed by atoms with Crippen LogP contribution in [0.2, 0.25) is 10.0 Å². The topological polar surface area (TPSA) is 71.4 Å². The second kappa shape index (κ2) is 9.41. The standard InChI is InChI=1S/C18H23Cl2N5O2/c1-24-12-21-7-14(24)8-22-18(26)23-9-15-11-25(4-5-27-15)10-13-2-3-16(19)17(20)6-13/h2-3,6-7,12,15H,4-5,8-11H2,1H3,(H2,22,23,26)/t15-/m0/s1. The van der Waals surface area contributed by atoms with E-state index in [2.05, 4.69) is 20.5 Å². The van der Waals surface area contributed by atoms with Gasteiger partial charge in [0.15, 0.2) is 0 Å². The number of amides is 2. The van der Waals surface area contributed by atoms with E-state index in [1.54, 1.807) is 12.5 Å². The molecule has 1 atom stereocenters. The number of aryl methyl sites for hydroxylation is 1. The van der Waals surface area contributed by atoms with Crippen molar-refractivity contribution < 1.29 is 9.53 Å². The molecular weight excluding hydrogens is 389 g/mol. The molecule has 7 nitrogen and oxygen atoms in total. The number of carbonyl (C=O) groups is 1. The summed E-state index contributed by atoms with van der Waals surface area (Å²) in [4.78, 5) is 18.3. The molecule has 1 saturated heterocycles. The van der Waals surface area contributed by atoms with Crippen LogP contribution in [-0.2, 0) is 24.9 Å². The molecule has 0 saturated carbocycles. The largest absolute Gasteiger partial charge is 0.374 e. The highest BCUT2D eigenvalue weighted by Crippen LogP contribution is 2.23. The van der Waals surface area contributed by atoms with Gasteiger partial charge < -0.3 is 19.9 Å². The predicted octanol–water partition coefficient (Wildman–Crippen LogP) is 2.43. The van der Waals surface area contributed by atoms with Gasteiger partial charge in [0.2, 0.25) is 0 Å². The maximum Gasteiger partial charge on any atom is 0.315 e. The summed E-state index contributed by atoms with van der Waals surface area (Å²) >= 11 is 12.1. The van der Waals surface area contributed by atoms with Crippen LogP contribution in [0.1, 0.15) is 11.3 Å². The molecule has 0 radical (unpaired) electrons. The zero-order valence-electron chi connectivity index (χ0n) is 15.1. The van der Waals surface area contributed by atoms with Crippen molar-refractivity contribution in [3.63, 3.8) is 0 Å². The lowest BCUT2D eigenvalue weighted by Gasteiger charge is -2.33. The van der Waals surface area contributed by atoms with E-state index in [9.17, 15) is 4.79 Å². The molecule has 2 amide bonds. The fraction of sp³-hybridized carbons (Fsp3) is 0.444. The zero-order chi connectivity index (χ0) is 19.2. The Labute approximate surface area is 168 Å². The van der Waals surface area contributed by atoms with Crippen molar-refractivity contribution in [1.82, 2.24) is 25.1 Å². The number of morpholine rings is 1. The summed E-state index contributed by atoms with van der Waals surface area (Å²) in [6.45, 7) is 3.85. The maximum absolute atomic E-state index is 12.0. The van der Waals surface area contributed by atoms with E-state index in [0.29, 0.717) is 29.7 Å². The van der Waals surface area contributed by atoms with Crippen molar-refractivity contribution in [2.75, 3.05) is 26.2 Å². The van der Waals surface area contributed by atoms with Crippen LogP contribution in [0.25, 0.3) is 0 Å². The Balaban J connectivity index is 1.42. The minimum Gasteiger partial charge on any atom is -0.374 e. The number of rotatable bonds is 6. The Hall–Kier alpha value is -1.80. The number of benzene rings is 1. The molecule has 1 aliphatic rings. The number of aromatic nitrogens is 2. The van der Waals surface area contributed by atoms with Gasteiger partial charge in [0.05, 0.1) is 41.3 Å². The van der Waals surface area contributed by atoms with E-state index in [1.165, 1.54) is 0 Å². The molecule has 2 heterocycles. The number of hydrogen-bond acceptors (Lipinski definition) is 4. The van der Waals surface area contributed by atoms with Crippen molar-refractivity contribution >= 4 is 29.2 Å². The Kier molecular flexibility index (Phi) is 6.95. The van der Waals surface area contributed by atoms with Crippen LogP contribution < -0.4 is 10.6 Å². The first-order valence-electron chi connectivity index (χ1n) is 8.76. The van der Waals surface area contributed by atoms with Gasteiger partial charge in [0, 0.05) is 39.4 Å². The van der Waals surface area contributed by atoms with Crippen LogP contribution in [0.5, 0.6) is 0 Å². The van der Waals surface area contributed by atoms with Crippen LogP contribution in [0.4, 0.5) is 4.79 Å². The molecule has 27 heavy (non-hydrogen) atoms. The summed E-state index contributed by atoms with van der Waals surface area (Å²) in [7, 11) is 1.89. The van der Waals surface area contributed by atoms with E-state index >= 15 is 0 Å². The van der Waals surface area contributed by atoms with Gasteiger partial charge in [0.25, 0.3) is 0 Å². The van der Waals surface area contributed by atoms with E-state index in [-0.39, 0.29) is 12.1 Å². The van der Waals surface area contributed by atoms with Crippen LogP contribution in [-0.4, -0.2) is 52.8 Å². The molecule has 2 N–H and O–H groups in total. The smallest absolute Gasteiger partial charge is 0.315 e. The highest BCUT2D eigenvalue weighted by molar-refractivity contribution is 6.42. The number of carbonyl (C=O) groups excluding carboxylic acids is 1. The van der Waals surface area contributed by atoms with E-state index in [0.717, 1.165) is 30.9 Å². The molecule has 1 fully saturated rings. The Bertz CT molecular complexity index is 783. The molecule has 146 valence electrons. The lowest BCUT2D eigenvalue weighted by atomic mass is 10.2. The summed E-state index contributed by atoms with van der Waals surface area (Å²) in [5.74, 6) is 0. The highest BCUT2D eigenvalue weighted by atomic mass is 35.5. The molecule has 0 spiro atoms. The lowest BCUT2D eigenvalue weighted by Crippen LogP contribution is -2.48. The molecular formula is C18H23Cl2N5O2. The van der Waals surface area contributed by atoms with Crippen molar-refractivity contribution in [3.05, 3.63) is 52.0 Å². The van der Waals surface area contributed by atoms with Crippen molar-refractivity contribution in [1.29, 1.82) is 0 Å². The molecule has 1 aromatic heterocycles. The zero-order valence-corrected chi connectivity index (χ0v) is 16.6. The normalized spacial score (nSPS) is 17.7. The average Bonchev–Trinajstić information content (AvgIpc) is 3.06. The van der Waals surface area contributed by atoms with Crippen molar-refractivity contribution in [2.45, 2.75) is 19.2 Å². The minimum absolute atomic E-state index is 0.0519. The van der Waals surface area contributed by atoms with Gasteiger partial charge in [-0.15, -0.1) is 0 Å². The fourth-order valence-electron chi connectivity index (χ4n) is 2.94. The van der Waals surface area contributed by atoms with E-state index in [4.69, 9.17) is 27.9 Å². The number of ether oxygens (including phenoxy) is 1. The monoisotopic (exact) mass is 411 g/mol. The van der Waals surface area contributed by atoms with Gasteiger partial charge in [-0.25, -0.2) is 9.78 Å². The second-order valence-electron chi connectivity index (χ2n) is 6.54. The first-order valence-corrected chi connectivity index (χ1v) is 9.51. The van der Waals surface area contributed by atoms with Gasteiger partial charge in [-0.2, -0.15) is 0 Å². The number of urea groups is 1. The summed E-state index contributed by atoms with van der Waals surface area (Å²) in [5.41, 5.74) is 2.04. The summed E-state index contributed by atoms with van der Waals surface area (Å²) in [5, 5.41) is 6.80. The molecule has 0 aliphatic carbocycles. The Morgan fingerprint density at radius 3 is 2.93 bits per heavy atom. The molecule has 0 bridgehead atoms. The molecule has 1 aliphatic heterocycles. The van der Waals surface area contributed by atoms with Crippen LogP contribution in [0.3, 0.4) is 0 Å². The molecule has 0 unspecified atom stereocenters. The predicted molar refractivity (Wildman–Crippen MR) is 105 cm³/mol. The average molecular weight is 412 g/mol. The van der Waals surface area contributed by atoms with Gasteiger partial charge in [-0.3, -0.25) is 4.90 Å². The quantitative estimate of drug-likeness (QED) is 0.765. The molecule has 9 heteroatoms.